The van der Waals surface area contributed by atoms with E-state index < -0.39 is 0 Å². The highest BCUT2D eigenvalue weighted by Crippen LogP contribution is 2.39. The van der Waals surface area contributed by atoms with Crippen molar-refractivity contribution >= 4 is 5.69 Å². The molecule has 1 atom stereocenters. The summed E-state index contributed by atoms with van der Waals surface area (Å²) in [5.41, 5.74) is 2.39. The molecule has 1 N–H and O–H groups in total. The van der Waals surface area contributed by atoms with Crippen LogP contribution >= 0.6 is 0 Å². The van der Waals surface area contributed by atoms with Crippen molar-refractivity contribution in [2.45, 2.75) is 32.7 Å². The minimum Gasteiger partial charge on any atom is -0.454 e. The Morgan fingerprint density at radius 2 is 1.94 bits per heavy atom. The third kappa shape index (κ3) is 1.70. The van der Waals surface area contributed by atoms with E-state index in [1.807, 2.05) is 6.07 Å². The first-order valence-electron chi connectivity index (χ1n) is 5.91. The first-order valence-corrected chi connectivity index (χ1v) is 5.91. The number of nitrogens with one attached hydrogen (secondary N) is 1. The maximum atomic E-state index is 5.39. The molecule has 0 saturated heterocycles. The average Bonchev–Trinajstić information content (AvgIpc) is 3.01. The Bertz CT molecular complexity index is 413. The summed E-state index contributed by atoms with van der Waals surface area (Å²) >= 11 is 0. The lowest BCUT2D eigenvalue weighted by molar-refractivity contribution is 0.174. The van der Waals surface area contributed by atoms with Gasteiger partial charge in [0.25, 0.3) is 0 Å². The van der Waals surface area contributed by atoms with E-state index in [-0.39, 0.29) is 0 Å². The number of hydrogen-bond donors (Lipinski definition) is 1. The zero-order valence-corrected chi connectivity index (χ0v) is 9.75. The molecule has 0 radical (unpaired) electrons. The maximum Gasteiger partial charge on any atom is 0.231 e. The van der Waals surface area contributed by atoms with Gasteiger partial charge in [0, 0.05) is 17.8 Å². The molecule has 1 unspecified atom stereocenters. The molecule has 3 heteroatoms. The number of hydrogen-bond acceptors (Lipinski definition) is 3. The monoisotopic (exact) mass is 219 g/mol. The largest absolute Gasteiger partial charge is 0.454 e. The van der Waals surface area contributed by atoms with Crippen LogP contribution in [0.3, 0.4) is 0 Å². The van der Waals surface area contributed by atoms with E-state index in [9.17, 15) is 0 Å². The van der Waals surface area contributed by atoms with Gasteiger partial charge in [-0.15, -0.1) is 0 Å². The second kappa shape index (κ2) is 3.58. The number of anilines is 1. The van der Waals surface area contributed by atoms with Gasteiger partial charge in [0.1, 0.15) is 0 Å². The van der Waals surface area contributed by atoms with E-state index in [0.717, 1.165) is 17.4 Å². The standard InChI is InChI=1S/C13H17NO2/c1-8-5-12-13(16-7-15-12)6-11(8)14-9(2)10-3-4-10/h5-6,9-10,14H,3-4,7H2,1-2H3. The molecule has 1 aromatic carbocycles. The Balaban J connectivity index is 1.83. The summed E-state index contributed by atoms with van der Waals surface area (Å²) in [6.07, 6.45) is 2.72. The highest BCUT2D eigenvalue weighted by atomic mass is 16.7. The minimum absolute atomic E-state index is 0.344. The van der Waals surface area contributed by atoms with Crippen LogP contribution in [0.15, 0.2) is 12.1 Å². The third-order valence-electron chi connectivity index (χ3n) is 3.43. The fourth-order valence-corrected chi connectivity index (χ4v) is 2.16. The molecular weight excluding hydrogens is 202 g/mol. The van der Waals surface area contributed by atoms with Crippen molar-refractivity contribution in [2.24, 2.45) is 5.92 Å². The molecule has 3 nitrogen and oxygen atoms in total. The van der Waals surface area contributed by atoms with Gasteiger partial charge in [0.05, 0.1) is 0 Å². The van der Waals surface area contributed by atoms with Gasteiger partial charge in [0.2, 0.25) is 6.79 Å². The SMILES string of the molecule is Cc1cc2c(cc1NC(C)C1CC1)OCO2. The van der Waals surface area contributed by atoms with Crippen LogP contribution in [0, 0.1) is 12.8 Å². The van der Waals surface area contributed by atoms with Crippen LogP contribution in [0.2, 0.25) is 0 Å². The molecule has 1 aromatic rings. The van der Waals surface area contributed by atoms with Crippen molar-refractivity contribution < 1.29 is 9.47 Å². The molecule has 2 aliphatic rings. The molecule has 0 amide bonds. The zero-order chi connectivity index (χ0) is 11.1. The Labute approximate surface area is 95.8 Å². The van der Waals surface area contributed by atoms with Gasteiger partial charge >= 0.3 is 0 Å². The van der Waals surface area contributed by atoms with E-state index >= 15 is 0 Å². The van der Waals surface area contributed by atoms with Crippen molar-refractivity contribution in [1.29, 1.82) is 0 Å². The van der Waals surface area contributed by atoms with E-state index in [1.165, 1.54) is 24.1 Å². The van der Waals surface area contributed by atoms with E-state index in [1.54, 1.807) is 0 Å². The van der Waals surface area contributed by atoms with Crippen LogP contribution in [0.25, 0.3) is 0 Å². The predicted octanol–water partition coefficient (Wildman–Crippen LogP) is 2.93. The van der Waals surface area contributed by atoms with Crippen LogP contribution in [-0.2, 0) is 0 Å². The van der Waals surface area contributed by atoms with E-state index in [0.29, 0.717) is 12.8 Å². The lowest BCUT2D eigenvalue weighted by Crippen LogP contribution is -2.17. The fraction of sp³-hybridized carbons (Fsp3) is 0.538. The summed E-state index contributed by atoms with van der Waals surface area (Å²) in [5.74, 6) is 2.57. The van der Waals surface area contributed by atoms with Crippen LogP contribution < -0.4 is 14.8 Å². The van der Waals surface area contributed by atoms with Gasteiger partial charge < -0.3 is 14.8 Å². The number of benzene rings is 1. The molecule has 86 valence electrons. The Morgan fingerprint density at radius 3 is 2.62 bits per heavy atom. The molecule has 1 aliphatic carbocycles. The molecule has 1 aliphatic heterocycles. The Hall–Kier alpha value is -1.38. The van der Waals surface area contributed by atoms with Gasteiger partial charge in [-0.1, -0.05) is 0 Å². The summed E-state index contributed by atoms with van der Waals surface area (Å²) in [6, 6.07) is 4.65. The molecule has 1 saturated carbocycles. The van der Waals surface area contributed by atoms with Gasteiger partial charge in [-0.2, -0.15) is 0 Å². The van der Waals surface area contributed by atoms with Crippen molar-refractivity contribution in [2.75, 3.05) is 12.1 Å². The van der Waals surface area contributed by atoms with Crippen molar-refractivity contribution in [3.8, 4) is 11.5 Å². The summed E-state index contributed by atoms with van der Waals surface area (Å²) < 4.78 is 10.7. The molecule has 3 rings (SSSR count). The van der Waals surface area contributed by atoms with Gasteiger partial charge in [0.15, 0.2) is 11.5 Å². The van der Waals surface area contributed by atoms with E-state index in [4.69, 9.17) is 9.47 Å². The average molecular weight is 219 g/mol. The van der Waals surface area contributed by atoms with Gasteiger partial charge in [-0.3, -0.25) is 0 Å². The lowest BCUT2D eigenvalue weighted by atomic mass is 10.1. The van der Waals surface area contributed by atoms with Crippen LogP contribution in [0.4, 0.5) is 5.69 Å². The smallest absolute Gasteiger partial charge is 0.231 e. The van der Waals surface area contributed by atoms with Crippen molar-refractivity contribution in [1.82, 2.24) is 0 Å². The van der Waals surface area contributed by atoms with Gasteiger partial charge in [-0.05, 0) is 44.2 Å². The number of ether oxygens (including phenoxy) is 2. The molecule has 16 heavy (non-hydrogen) atoms. The number of aryl methyl sites for hydroxylation is 1. The Morgan fingerprint density at radius 1 is 1.25 bits per heavy atom. The minimum atomic E-state index is 0.344. The predicted molar refractivity (Wildman–Crippen MR) is 63.1 cm³/mol. The van der Waals surface area contributed by atoms with Crippen LogP contribution in [-0.4, -0.2) is 12.8 Å². The molecule has 1 heterocycles. The fourth-order valence-electron chi connectivity index (χ4n) is 2.16. The summed E-state index contributed by atoms with van der Waals surface area (Å²) in [7, 11) is 0. The quantitative estimate of drug-likeness (QED) is 0.847. The number of fused-ring (bicyclic) bond motifs is 1. The summed E-state index contributed by atoms with van der Waals surface area (Å²) in [6.45, 7) is 4.70. The maximum absolute atomic E-state index is 5.39. The Kier molecular flexibility index (Phi) is 2.20. The third-order valence-corrected chi connectivity index (χ3v) is 3.43. The van der Waals surface area contributed by atoms with Gasteiger partial charge in [-0.25, -0.2) is 0 Å². The first-order chi connectivity index (χ1) is 7.74. The normalized spacial score (nSPS) is 19.6. The van der Waals surface area contributed by atoms with Crippen molar-refractivity contribution in [3.63, 3.8) is 0 Å². The molecule has 0 bridgehead atoms. The zero-order valence-electron chi connectivity index (χ0n) is 9.75. The topological polar surface area (TPSA) is 30.5 Å². The lowest BCUT2D eigenvalue weighted by Gasteiger charge is -2.16. The number of rotatable bonds is 3. The van der Waals surface area contributed by atoms with Crippen molar-refractivity contribution in [3.05, 3.63) is 17.7 Å². The second-order valence-electron chi connectivity index (χ2n) is 4.79. The first kappa shape index (κ1) is 9.82. The highest BCUT2D eigenvalue weighted by Gasteiger charge is 2.28. The summed E-state index contributed by atoms with van der Waals surface area (Å²) in [5, 5.41) is 3.57. The highest BCUT2D eigenvalue weighted by molar-refractivity contribution is 5.61. The van der Waals surface area contributed by atoms with E-state index in [2.05, 4.69) is 25.2 Å². The second-order valence-corrected chi connectivity index (χ2v) is 4.79. The van der Waals surface area contributed by atoms with Crippen LogP contribution in [0.5, 0.6) is 11.5 Å². The molecule has 1 fully saturated rings. The van der Waals surface area contributed by atoms with Crippen LogP contribution in [0.1, 0.15) is 25.3 Å². The molecular formula is C13H17NO2. The summed E-state index contributed by atoms with van der Waals surface area (Å²) in [4.78, 5) is 0. The molecule has 0 aromatic heterocycles. The molecule has 0 spiro atoms.